The van der Waals surface area contributed by atoms with E-state index in [1.54, 1.807) is 11.8 Å². The molecule has 1 aliphatic heterocycles. The molecule has 1 saturated carbocycles. The van der Waals surface area contributed by atoms with Crippen molar-refractivity contribution in [3.63, 3.8) is 0 Å². The number of primary amides is 1. The molecule has 1 heterocycles. The Morgan fingerprint density at radius 1 is 1.27 bits per heavy atom. The number of nitrogens with zero attached hydrogens (tertiary/aromatic N) is 1. The molecule has 2 aliphatic rings. The smallest absolute Gasteiger partial charge is 0.222 e. The number of nitrogens with two attached hydrogens (primary N) is 1. The van der Waals surface area contributed by atoms with Gasteiger partial charge in [-0.25, -0.2) is 0 Å². The van der Waals surface area contributed by atoms with Gasteiger partial charge in [-0.1, -0.05) is 26.2 Å². The van der Waals surface area contributed by atoms with Crippen molar-refractivity contribution >= 4 is 17.7 Å². The van der Waals surface area contributed by atoms with Gasteiger partial charge >= 0.3 is 0 Å². The SMILES string of the molecule is C[C@@H](CCC(=O)N(CC1CCCCC1)[C@H]1CCC(=O)NC[C@@H]1O)C(N)=O. The molecule has 1 saturated heterocycles. The Morgan fingerprint density at radius 3 is 2.62 bits per heavy atom. The summed E-state index contributed by atoms with van der Waals surface area (Å²) in [6, 6.07) is -0.354. The average Bonchev–Trinajstić information content (AvgIpc) is 2.79. The van der Waals surface area contributed by atoms with Gasteiger partial charge in [-0.2, -0.15) is 0 Å². The van der Waals surface area contributed by atoms with Gasteiger partial charge in [0.1, 0.15) is 0 Å². The fourth-order valence-corrected chi connectivity index (χ4v) is 3.97. The molecular formula is C19H33N3O4. The van der Waals surface area contributed by atoms with Gasteiger partial charge in [0, 0.05) is 31.8 Å². The predicted molar refractivity (Wildman–Crippen MR) is 97.9 cm³/mol. The number of hydrogen-bond acceptors (Lipinski definition) is 4. The third-order valence-electron chi connectivity index (χ3n) is 5.80. The molecule has 7 nitrogen and oxygen atoms in total. The zero-order valence-electron chi connectivity index (χ0n) is 15.8. The van der Waals surface area contributed by atoms with Crippen LogP contribution in [0.15, 0.2) is 0 Å². The monoisotopic (exact) mass is 367 g/mol. The molecular weight excluding hydrogens is 334 g/mol. The number of aliphatic hydroxyl groups is 1. The van der Waals surface area contributed by atoms with Crippen molar-refractivity contribution in [1.29, 1.82) is 0 Å². The van der Waals surface area contributed by atoms with E-state index in [-0.39, 0.29) is 36.7 Å². The Balaban J connectivity index is 2.07. The van der Waals surface area contributed by atoms with Crippen molar-refractivity contribution in [2.24, 2.45) is 17.6 Å². The molecule has 0 aromatic rings. The highest BCUT2D eigenvalue weighted by molar-refractivity contribution is 5.80. The van der Waals surface area contributed by atoms with Gasteiger partial charge in [-0.15, -0.1) is 0 Å². The van der Waals surface area contributed by atoms with Crippen LogP contribution in [0.25, 0.3) is 0 Å². The molecule has 4 N–H and O–H groups in total. The molecule has 0 radical (unpaired) electrons. The molecule has 3 amide bonds. The van der Waals surface area contributed by atoms with E-state index >= 15 is 0 Å². The Morgan fingerprint density at radius 2 is 1.96 bits per heavy atom. The van der Waals surface area contributed by atoms with Crippen LogP contribution in [0.2, 0.25) is 0 Å². The largest absolute Gasteiger partial charge is 0.389 e. The first-order valence-electron chi connectivity index (χ1n) is 9.92. The van der Waals surface area contributed by atoms with Gasteiger partial charge in [-0.3, -0.25) is 14.4 Å². The number of β-amino-alcohol motifs (C(OH)–C–C–N with tert-alkyl or cyclic N) is 1. The number of hydrogen-bond donors (Lipinski definition) is 3. The molecule has 0 unspecified atom stereocenters. The molecule has 0 aromatic carbocycles. The third kappa shape index (κ3) is 5.97. The summed E-state index contributed by atoms with van der Waals surface area (Å²) in [5.41, 5.74) is 5.30. The first-order valence-corrected chi connectivity index (χ1v) is 9.92. The van der Waals surface area contributed by atoms with E-state index in [0.29, 0.717) is 31.7 Å². The average molecular weight is 367 g/mol. The molecule has 7 heteroatoms. The highest BCUT2D eigenvalue weighted by Crippen LogP contribution is 2.27. The molecule has 1 aliphatic carbocycles. The van der Waals surface area contributed by atoms with Crippen LogP contribution >= 0.6 is 0 Å². The lowest BCUT2D eigenvalue weighted by molar-refractivity contribution is -0.138. The maximum atomic E-state index is 12.9. The summed E-state index contributed by atoms with van der Waals surface area (Å²) in [5.74, 6) is -0.444. The number of carbonyl (C=O) groups excluding carboxylic acids is 3. The number of carbonyl (C=O) groups is 3. The Labute approximate surface area is 155 Å². The summed E-state index contributed by atoms with van der Waals surface area (Å²) in [6.07, 6.45) is 6.47. The quantitative estimate of drug-likeness (QED) is 0.621. The molecule has 26 heavy (non-hydrogen) atoms. The predicted octanol–water partition coefficient (Wildman–Crippen LogP) is 0.936. The van der Waals surface area contributed by atoms with Crippen LogP contribution < -0.4 is 11.1 Å². The first-order chi connectivity index (χ1) is 12.4. The van der Waals surface area contributed by atoms with Crippen molar-refractivity contribution in [1.82, 2.24) is 10.2 Å². The second kappa shape index (κ2) is 9.90. The minimum Gasteiger partial charge on any atom is -0.389 e. The van der Waals surface area contributed by atoms with E-state index in [9.17, 15) is 19.5 Å². The maximum absolute atomic E-state index is 12.9. The summed E-state index contributed by atoms with van der Waals surface area (Å²) in [6.45, 7) is 2.53. The third-order valence-corrected chi connectivity index (χ3v) is 5.80. The maximum Gasteiger partial charge on any atom is 0.222 e. The van der Waals surface area contributed by atoms with Crippen LogP contribution in [0.1, 0.15) is 64.7 Å². The Hall–Kier alpha value is -1.63. The Kier molecular flexibility index (Phi) is 7.87. The van der Waals surface area contributed by atoms with E-state index in [2.05, 4.69) is 5.32 Å². The van der Waals surface area contributed by atoms with E-state index < -0.39 is 12.0 Å². The highest BCUT2D eigenvalue weighted by Gasteiger charge is 2.34. The van der Waals surface area contributed by atoms with Crippen LogP contribution in [0, 0.1) is 11.8 Å². The molecule has 2 fully saturated rings. The van der Waals surface area contributed by atoms with Crippen LogP contribution in [-0.2, 0) is 14.4 Å². The normalized spacial score (nSPS) is 25.8. The topological polar surface area (TPSA) is 113 Å². The molecule has 0 spiro atoms. The van der Waals surface area contributed by atoms with Gasteiger partial charge < -0.3 is 21.1 Å². The molecule has 2 rings (SSSR count). The van der Waals surface area contributed by atoms with Crippen molar-refractivity contribution in [3.8, 4) is 0 Å². The van der Waals surface area contributed by atoms with Gasteiger partial charge in [0.25, 0.3) is 0 Å². The summed E-state index contributed by atoms with van der Waals surface area (Å²) in [5, 5.41) is 13.2. The van der Waals surface area contributed by atoms with E-state index in [4.69, 9.17) is 5.73 Å². The zero-order valence-corrected chi connectivity index (χ0v) is 15.8. The number of nitrogens with one attached hydrogen (secondary N) is 1. The minimum absolute atomic E-state index is 0.0536. The fraction of sp³-hybridized carbons (Fsp3) is 0.842. The molecule has 3 atom stereocenters. The van der Waals surface area contributed by atoms with Crippen LogP contribution in [0.3, 0.4) is 0 Å². The van der Waals surface area contributed by atoms with Gasteiger partial charge in [0.2, 0.25) is 17.7 Å². The lowest BCUT2D eigenvalue weighted by atomic mass is 9.88. The lowest BCUT2D eigenvalue weighted by Gasteiger charge is -2.37. The summed E-state index contributed by atoms with van der Waals surface area (Å²) in [7, 11) is 0. The van der Waals surface area contributed by atoms with Gasteiger partial charge in [0.15, 0.2) is 0 Å². The van der Waals surface area contributed by atoms with E-state index in [1.807, 2.05) is 0 Å². The summed E-state index contributed by atoms with van der Waals surface area (Å²) < 4.78 is 0. The van der Waals surface area contributed by atoms with E-state index in [1.165, 1.54) is 19.3 Å². The van der Waals surface area contributed by atoms with Gasteiger partial charge in [-0.05, 0) is 31.6 Å². The number of amides is 3. The van der Waals surface area contributed by atoms with Crippen LogP contribution in [0.5, 0.6) is 0 Å². The van der Waals surface area contributed by atoms with Crippen LogP contribution in [-0.4, -0.2) is 53.0 Å². The zero-order chi connectivity index (χ0) is 19.1. The van der Waals surface area contributed by atoms with Crippen molar-refractivity contribution in [3.05, 3.63) is 0 Å². The minimum atomic E-state index is -0.762. The second-order valence-corrected chi connectivity index (χ2v) is 7.87. The fourth-order valence-electron chi connectivity index (χ4n) is 3.97. The first kappa shape index (κ1) is 20.7. The standard InChI is InChI=1S/C19H33N3O4/c1-13(19(20)26)7-10-18(25)22(12-14-5-3-2-4-6-14)15-8-9-17(24)21-11-16(15)23/h13-16,23H,2-12H2,1H3,(H2,20,26)(H,21,24)/t13-,15-,16-/m0/s1. The summed E-state index contributed by atoms with van der Waals surface area (Å²) in [4.78, 5) is 37.6. The molecule has 0 aromatic heterocycles. The second-order valence-electron chi connectivity index (χ2n) is 7.87. The molecule has 148 valence electrons. The highest BCUT2D eigenvalue weighted by atomic mass is 16.3. The number of aliphatic hydroxyl groups excluding tert-OH is 1. The van der Waals surface area contributed by atoms with Crippen molar-refractivity contribution in [2.75, 3.05) is 13.1 Å². The van der Waals surface area contributed by atoms with Crippen LogP contribution in [0.4, 0.5) is 0 Å². The Bertz CT molecular complexity index is 505. The van der Waals surface area contributed by atoms with Crippen molar-refractivity contribution < 1.29 is 19.5 Å². The van der Waals surface area contributed by atoms with Crippen molar-refractivity contribution in [2.45, 2.75) is 76.9 Å². The van der Waals surface area contributed by atoms with E-state index in [0.717, 1.165) is 12.8 Å². The molecule has 0 bridgehead atoms. The summed E-state index contributed by atoms with van der Waals surface area (Å²) >= 11 is 0. The lowest BCUT2D eigenvalue weighted by Crippen LogP contribution is -2.50. The van der Waals surface area contributed by atoms with Gasteiger partial charge in [0.05, 0.1) is 12.1 Å². The number of rotatable bonds is 7.